The van der Waals surface area contributed by atoms with Crippen LogP contribution in [0.3, 0.4) is 0 Å². The molecule has 0 bridgehead atoms. The molecule has 0 spiro atoms. The average Bonchev–Trinajstić information content (AvgIpc) is 2.85. The molecule has 2 aromatic rings. The molecule has 1 aromatic heterocycles. The van der Waals surface area contributed by atoms with Crippen molar-refractivity contribution in [3.63, 3.8) is 0 Å². The van der Waals surface area contributed by atoms with Crippen LogP contribution in [0.15, 0.2) is 29.8 Å². The highest BCUT2D eigenvalue weighted by atomic mass is 32.1. The number of nitrogens with zero attached hydrogens (tertiary/aromatic N) is 2. The van der Waals surface area contributed by atoms with E-state index in [1.807, 2.05) is 31.2 Å². The van der Waals surface area contributed by atoms with Crippen LogP contribution < -0.4 is 10.1 Å². The molecule has 0 radical (unpaired) electrons. The number of rotatable bonds is 4. The quantitative estimate of drug-likeness (QED) is 0.919. The third-order valence-corrected chi connectivity index (χ3v) is 2.90. The minimum absolute atomic E-state index is 0.243. The van der Waals surface area contributed by atoms with E-state index >= 15 is 0 Å². The van der Waals surface area contributed by atoms with E-state index in [2.05, 4.69) is 15.5 Å². The van der Waals surface area contributed by atoms with Gasteiger partial charge in [-0.25, -0.2) is 0 Å². The van der Waals surface area contributed by atoms with Crippen molar-refractivity contribution in [1.82, 2.24) is 10.2 Å². The number of aromatic nitrogens is 2. The molecule has 1 aromatic carbocycles. The molecular formula is C12H13N3O2S. The molecule has 94 valence electrons. The molecule has 2 rings (SSSR count). The molecule has 0 aliphatic rings. The summed E-state index contributed by atoms with van der Waals surface area (Å²) in [7, 11) is 0. The van der Waals surface area contributed by atoms with E-state index in [0.29, 0.717) is 10.9 Å². The Morgan fingerprint density at radius 1 is 1.39 bits per heavy atom. The molecule has 0 aliphatic carbocycles. The fourth-order valence-corrected chi connectivity index (χ4v) is 1.76. The first-order valence-electron chi connectivity index (χ1n) is 5.45. The minimum atomic E-state index is -0.586. The normalized spacial score (nSPS) is 11.9. The Hall–Kier alpha value is -1.95. The van der Waals surface area contributed by atoms with Crippen LogP contribution in [0.4, 0.5) is 5.13 Å². The van der Waals surface area contributed by atoms with Gasteiger partial charge >= 0.3 is 0 Å². The summed E-state index contributed by atoms with van der Waals surface area (Å²) in [6.07, 6.45) is -0.586. The SMILES string of the molecule is Cc1ccc(O[C@H](C)C(=O)Nc2nncs2)cc1. The topological polar surface area (TPSA) is 64.1 Å². The molecule has 1 atom stereocenters. The third kappa shape index (κ3) is 3.27. The number of carbonyl (C=O) groups excluding carboxylic acids is 1. The summed E-state index contributed by atoms with van der Waals surface area (Å²) in [6, 6.07) is 7.55. The lowest BCUT2D eigenvalue weighted by atomic mass is 10.2. The Morgan fingerprint density at radius 3 is 2.72 bits per heavy atom. The number of hydrogen-bond donors (Lipinski definition) is 1. The summed E-state index contributed by atoms with van der Waals surface area (Å²) in [5, 5.41) is 10.5. The smallest absolute Gasteiger partial charge is 0.266 e. The Labute approximate surface area is 109 Å². The van der Waals surface area contributed by atoms with Crippen LogP contribution >= 0.6 is 11.3 Å². The van der Waals surface area contributed by atoms with Gasteiger partial charge < -0.3 is 4.74 Å². The number of hydrogen-bond acceptors (Lipinski definition) is 5. The first kappa shape index (κ1) is 12.5. The van der Waals surface area contributed by atoms with Crippen LogP contribution in [0.2, 0.25) is 0 Å². The Kier molecular flexibility index (Phi) is 3.88. The van der Waals surface area contributed by atoms with E-state index in [1.165, 1.54) is 11.3 Å². The van der Waals surface area contributed by atoms with Crippen molar-refractivity contribution >= 4 is 22.4 Å². The number of carbonyl (C=O) groups is 1. The van der Waals surface area contributed by atoms with Crippen LogP contribution in [0.1, 0.15) is 12.5 Å². The average molecular weight is 263 g/mol. The molecular weight excluding hydrogens is 250 g/mol. The molecule has 0 fully saturated rings. The first-order chi connectivity index (χ1) is 8.65. The van der Waals surface area contributed by atoms with Crippen molar-refractivity contribution in [2.45, 2.75) is 20.0 Å². The summed E-state index contributed by atoms with van der Waals surface area (Å²) in [5.41, 5.74) is 2.70. The minimum Gasteiger partial charge on any atom is -0.481 e. The number of aryl methyl sites for hydroxylation is 1. The lowest BCUT2D eigenvalue weighted by Crippen LogP contribution is -2.30. The van der Waals surface area contributed by atoms with Gasteiger partial charge in [0.05, 0.1) is 0 Å². The molecule has 0 unspecified atom stereocenters. The number of ether oxygens (including phenoxy) is 1. The van der Waals surface area contributed by atoms with Gasteiger partial charge in [0, 0.05) is 0 Å². The second-order valence-corrected chi connectivity index (χ2v) is 4.64. The molecule has 0 saturated carbocycles. The monoisotopic (exact) mass is 263 g/mol. The molecule has 1 N–H and O–H groups in total. The van der Waals surface area contributed by atoms with Crippen LogP contribution in [0.25, 0.3) is 0 Å². The standard InChI is InChI=1S/C12H13N3O2S/c1-8-3-5-10(6-4-8)17-9(2)11(16)14-12-15-13-7-18-12/h3-7,9H,1-2H3,(H,14,15,16)/t9-/m1/s1. The van der Waals surface area contributed by atoms with E-state index in [1.54, 1.807) is 12.4 Å². The van der Waals surface area contributed by atoms with E-state index < -0.39 is 6.10 Å². The zero-order valence-corrected chi connectivity index (χ0v) is 10.9. The second-order valence-electron chi connectivity index (χ2n) is 3.81. The lowest BCUT2D eigenvalue weighted by Gasteiger charge is -2.13. The molecule has 0 aliphatic heterocycles. The largest absolute Gasteiger partial charge is 0.481 e. The zero-order chi connectivity index (χ0) is 13.0. The lowest BCUT2D eigenvalue weighted by molar-refractivity contribution is -0.122. The Bertz CT molecular complexity index is 511. The summed E-state index contributed by atoms with van der Waals surface area (Å²) in [5.74, 6) is 0.424. The first-order valence-corrected chi connectivity index (χ1v) is 6.33. The predicted octanol–water partition coefficient (Wildman–Crippen LogP) is 2.25. The van der Waals surface area contributed by atoms with E-state index in [-0.39, 0.29) is 5.91 Å². The number of nitrogens with one attached hydrogen (secondary N) is 1. The van der Waals surface area contributed by atoms with E-state index in [9.17, 15) is 4.79 Å². The van der Waals surface area contributed by atoms with Crippen molar-refractivity contribution in [1.29, 1.82) is 0 Å². The van der Waals surface area contributed by atoms with Crippen LogP contribution in [0.5, 0.6) is 5.75 Å². The van der Waals surface area contributed by atoms with Crippen molar-refractivity contribution in [3.05, 3.63) is 35.3 Å². The van der Waals surface area contributed by atoms with Gasteiger partial charge in [0.25, 0.3) is 5.91 Å². The van der Waals surface area contributed by atoms with Crippen molar-refractivity contribution in [2.24, 2.45) is 0 Å². The molecule has 6 heteroatoms. The summed E-state index contributed by atoms with van der Waals surface area (Å²) >= 11 is 1.27. The highest BCUT2D eigenvalue weighted by Crippen LogP contribution is 2.14. The summed E-state index contributed by atoms with van der Waals surface area (Å²) < 4.78 is 5.52. The van der Waals surface area contributed by atoms with E-state index in [4.69, 9.17) is 4.74 Å². The predicted molar refractivity (Wildman–Crippen MR) is 69.8 cm³/mol. The van der Waals surface area contributed by atoms with Crippen LogP contribution in [-0.4, -0.2) is 22.2 Å². The van der Waals surface area contributed by atoms with Crippen LogP contribution in [-0.2, 0) is 4.79 Å². The van der Waals surface area contributed by atoms with Gasteiger partial charge in [-0.3, -0.25) is 10.1 Å². The van der Waals surface area contributed by atoms with Crippen molar-refractivity contribution in [2.75, 3.05) is 5.32 Å². The van der Waals surface area contributed by atoms with Gasteiger partial charge in [-0.15, -0.1) is 10.2 Å². The third-order valence-electron chi connectivity index (χ3n) is 2.29. The van der Waals surface area contributed by atoms with Gasteiger partial charge in [0.2, 0.25) is 5.13 Å². The summed E-state index contributed by atoms with van der Waals surface area (Å²) in [6.45, 7) is 3.69. The maximum absolute atomic E-state index is 11.8. The summed E-state index contributed by atoms with van der Waals surface area (Å²) in [4.78, 5) is 11.8. The Morgan fingerprint density at radius 2 is 2.11 bits per heavy atom. The van der Waals surface area contributed by atoms with Crippen molar-refractivity contribution in [3.8, 4) is 5.75 Å². The molecule has 1 heterocycles. The Balaban J connectivity index is 1.93. The number of anilines is 1. The highest BCUT2D eigenvalue weighted by molar-refractivity contribution is 7.13. The van der Waals surface area contributed by atoms with Gasteiger partial charge in [0.15, 0.2) is 6.10 Å². The fourth-order valence-electron chi connectivity index (χ4n) is 1.31. The fraction of sp³-hybridized carbons (Fsp3) is 0.250. The number of amides is 1. The van der Waals surface area contributed by atoms with Gasteiger partial charge in [-0.1, -0.05) is 29.0 Å². The molecule has 1 amide bonds. The van der Waals surface area contributed by atoms with Gasteiger partial charge in [-0.2, -0.15) is 0 Å². The van der Waals surface area contributed by atoms with Crippen molar-refractivity contribution < 1.29 is 9.53 Å². The van der Waals surface area contributed by atoms with Crippen LogP contribution in [0, 0.1) is 6.92 Å². The van der Waals surface area contributed by atoms with E-state index in [0.717, 1.165) is 5.56 Å². The number of benzene rings is 1. The van der Waals surface area contributed by atoms with Gasteiger partial charge in [-0.05, 0) is 26.0 Å². The van der Waals surface area contributed by atoms with Gasteiger partial charge in [0.1, 0.15) is 11.3 Å². The maximum Gasteiger partial charge on any atom is 0.266 e. The maximum atomic E-state index is 11.8. The molecule has 5 nitrogen and oxygen atoms in total. The highest BCUT2D eigenvalue weighted by Gasteiger charge is 2.15. The molecule has 0 saturated heterocycles. The molecule has 18 heavy (non-hydrogen) atoms. The zero-order valence-electron chi connectivity index (χ0n) is 10.1. The second kappa shape index (κ2) is 5.59.